The maximum absolute atomic E-state index is 5.89. The van der Waals surface area contributed by atoms with Gasteiger partial charge in [0.1, 0.15) is 0 Å². The molecule has 0 saturated heterocycles. The predicted molar refractivity (Wildman–Crippen MR) is 78.2 cm³/mol. The van der Waals surface area contributed by atoms with Crippen molar-refractivity contribution in [1.82, 2.24) is 5.32 Å². The lowest BCUT2D eigenvalue weighted by atomic mass is 10.00. The Morgan fingerprint density at radius 2 is 1.83 bits per heavy atom. The molecule has 2 nitrogen and oxygen atoms in total. The summed E-state index contributed by atoms with van der Waals surface area (Å²) >= 11 is 5.89. The van der Waals surface area contributed by atoms with Crippen molar-refractivity contribution >= 4 is 11.6 Å². The molecule has 0 aliphatic carbocycles. The SMILES string of the molecule is COCC(CNCC(C)C)Cc1ccc(Cl)cc1. The van der Waals surface area contributed by atoms with Crippen molar-refractivity contribution in [2.75, 3.05) is 26.8 Å². The topological polar surface area (TPSA) is 21.3 Å². The Bertz CT molecular complexity index is 324. The molecule has 0 saturated carbocycles. The zero-order valence-electron chi connectivity index (χ0n) is 11.6. The van der Waals surface area contributed by atoms with Crippen LogP contribution in [0.15, 0.2) is 24.3 Å². The van der Waals surface area contributed by atoms with Crippen molar-refractivity contribution in [3.63, 3.8) is 0 Å². The molecule has 1 N–H and O–H groups in total. The van der Waals surface area contributed by atoms with E-state index < -0.39 is 0 Å². The molecule has 1 rings (SSSR count). The first-order valence-electron chi connectivity index (χ1n) is 6.56. The van der Waals surface area contributed by atoms with E-state index in [0.29, 0.717) is 11.8 Å². The molecular formula is C15H24ClNO. The third-order valence-electron chi connectivity index (χ3n) is 2.83. The summed E-state index contributed by atoms with van der Waals surface area (Å²) < 4.78 is 5.29. The van der Waals surface area contributed by atoms with Crippen molar-refractivity contribution < 1.29 is 4.74 Å². The molecule has 1 unspecified atom stereocenters. The van der Waals surface area contributed by atoms with E-state index in [1.165, 1.54) is 5.56 Å². The first-order valence-corrected chi connectivity index (χ1v) is 6.93. The Morgan fingerprint density at radius 1 is 1.17 bits per heavy atom. The molecule has 3 heteroatoms. The zero-order valence-corrected chi connectivity index (χ0v) is 12.3. The van der Waals surface area contributed by atoms with Gasteiger partial charge in [0.2, 0.25) is 0 Å². The van der Waals surface area contributed by atoms with E-state index in [0.717, 1.165) is 31.1 Å². The van der Waals surface area contributed by atoms with Crippen LogP contribution in [0.3, 0.4) is 0 Å². The molecular weight excluding hydrogens is 246 g/mol. The van der Waals surface area contributed by atoms with Gasteiger partial charge in [-0.1, -0.05) is 37.6 Å². The van der Waals surface area contributed by atoms with Crippen molar-refractivity contribution in [2.24, 2.45) is 11.8 Å². The second kappa shape index (κ2) is 8.52. The van der Waals surface area contributed by atoms with E-state index in [1.807, 2.05) is 12.1 Å². The number of ether oxygens (including phenoxy) is 1. The second-order valence-corrected chi connectivity index (χ2v) is 5.64. The third-order valence-corrected chi connectivity index (χ3v) is 3.08. The van der Waals surface area contributed by atoms with Crippen molar-refractivity contribution in [3.05, 3.63) is 34.9 Å². The molecule has 0 heterocycles. The maximum atomic E-state index is 5.89. The normalized spacial score (nSPS) is 12.9. The van der Waals surface area contributed by atoms with Gasteiger partial charge >= 0.3 is 0 Å². The van der Waals surface area contributed by atoms with Crippen LogP contribution in [0.1, 0.15) is 19.4 Å². The summed E-state index contributed by atoms with van der Waals surface area (Å²) in [7, 11) is 1.76. The van der Waals surface area contributed by atoms with Gasteiger partial charge in [-0.15, -0.1) is 0 Å². The molecule has 1 atom stereocenters. The highest BCUT2D eigenvalue weighted by Crippen LogP contribution is 2.13. The van der Waals surface area contributed by atoms with Crippen LogP contribution in [0.25, 0.3) is 0 Å². The third kappa shape index (κ3) is 6.39. The van der Waals surface area contributed by atoms with Crippen LogP contribution < -0.4 is 5.32 Å². The summed E-state index contributed by atoms with van der Waals surface area (Å²) in [6, 6.07) is 8.07. The fourth-order valence-electron chi connectivity index (χ4n) is 1.96. The Kier molecular flexibility index (Phi) is 7.33. The monoisotopic (exact) mass is 269 g/mol. The number of methoxy groups -OCH3 is 1. The van der Waals surface area contributed by atoms with Crippen LogP contribution in [0.4, 0.5) is 0 Å². The minimum atomic E-state index is 0.509. The van der Waals surface area contributed by atoms with E-state index >= 15 is 0 Å². The minimum absolute atomic E-state index is 0.509. The Morgan fingerprint density at radius 3 is 2.39 bits per heavy atom. The van der Waals surface area contributed by atoms with E-state index in [1.54, 1.807) is 7.11 Å². The molecule has 102 valence electrons. The summed E-state index contributed by atoms with van der Waals surface area (Å²) in [4.78, 5) is 0. The molecule has 1 aromatic carbocycles. The smallest absolute Gasteiger partial charge is 0.0505 e. The van der Waals surface area contributed by atoms with Gasteiger partial charge in [0.05, 0.1) is 6.61 Å². The Labute approximate surface area is 116 Å². The van der Waals surface area contributed by atoms with Crippen molar-refractivity contribution in [1.29, 1.82) is 0 Å². The molecule has 0 fully saturated rings. The van der Waals surface area contributed by atoms with Crippen LogP contribution in [-0.4, -0.2) is 26.8 Å². The number of benzene rings is 1. The van der Waals surface area contributed by atoms with Gasteiger partial charge in [-0.25, -0.2) is 0 Å². The van der Waals surface area contributed by atoms with Gasteiger partial charge in [-0.2, -0.15) is 0 Å². The van der Waals surface area contributed by atoms with Gasteiger partial charge in [-0.05, 0) is 42.5 Å². The van der Waals surface area contributed by atoms with Crippen LogP contribution in [-0.2, 0) is 11.2 Å². The molecule has 0 aromatic heterocycles. The van der Waals surface area contributed by atoms with Gasteiger partial charge in [-0.3, -0.25) is 0 Å². The highest BCUT2D eigenvalue weighted by Gasteiger charge is 2.09. The van der Waals surface area contributed by atoms with Crippen LogP contribution in [0.2, 0.25) is 5.02 Å². The molecule has 1 aromatic rings. The fraction of sp³-hybridized carbons (Fsp3) is 0.600. The summed E-state index contributed by atoms with van der Waals surface area (Å²) in [5.74, 6) is 1.19. The number of halogens is 1. The molecule has 0 amide bonds. The quantitative estimate of drug-likeness (QED) is 0.781. The predicted octanol–water partition coefficient (Wildman–Crippen LogP) is 3.39. The van der Waals surface area contributed by atoms with Gasteiger partial charge < -0.3 is 10.1 Å². The van der Waals surface area contributed by atoms with Gasteiger partial charge in [0, 0.05) is 18.7 Å². The van der Waals surface area contributed by atoms with Gasteiger partial charge in [0.25, 0.3) is 0 Å². The lowest BCUT2D eigenvalue weighted by molar-refractivity contribution is 0.150. The lowest BCUT2D eigenvalue weighted by Gasteiger charge is -2.18. The maximum Gasteiger partial charge on any atom is 0.0505 e. The highest BCUT2D eigenvalue weighted by molar-refractivity contribution is 6.30. The molecule has 0 bridgehead atoms. The van der Waals surface area contributed by atoms with E-state index in [9.17, 15) is 0 Å². The van der Waals surface area contributed by atoms with Crippen molar-refractivity contribution in [3.8, 4) is 0 Å². The molecule has 0 aliphatic rings. The summed E-state index contributed by atoms with van der Waals surface area (Å²) in [6.07, 6.45) is 1.02. The van der Waals surface area contributed by atoms with Crippen LogP contribution in [0, 0.1) is 11.8 Å². The zero-order chi connectivity index (χ0) is 13.4. The number of hydrogen-bond donors (Lipinski definition) is 1. The first kappa shape index (κ1) is 15.5. The summed E-state index contributed by atoms with van der Waals surface area (Å²) in [6.45, 7) is 7.28. The largest absolute Gasteiger partial charge is 0.384 e. The minimum Gasteiger partial charge on any atom is -0.384 e. The molecule has 18 heavy (non-hydrogen) atoms. The van der Waals surface area contributed by atoms with Crippen LogP contribution in [0.5, 0.6) is 0 Å². The molecule has 0 spiro atoms. The standard InChI is InChI=1S/C15H24ClNO/c1-12(2)9-17-10-14(11-18-3)8-13-4-6-15(16)7-5-13/h4-7,12,14,17H,8-11H2,1-3H3. The van der Waals surface area contributed by atoms with Crippen LogP contribution >= 0.6 is 11.6 Å². The fourth-order valence-corrected chi connectivity index (χ4v) is 2.08. The molecule has 0 radical (unpaired) electrons. The van der Waals surface area contributed by atoms with E-state index in [4.69, 9.17) is 16.3 Å². The number of nitrogens with one attached hydrogen (secondary N) is 1. The summed E-state index contributed by atoms with van der Waals surface area (Å²) in [5.41, 5.74) is 1.31. The average molecular weight is 270 g/mol. The second-order valence-electron chi connectivity index (χ2n) is 5.20. The highest BCUT2D eigenvalue weighted by atomic mass is 35.5. The van der Waals surface area contributed by atoms with E-state index in [-0.39, 0.29) is 0 Å². The lowest BCUT2D eigenvalue weighted by Crippen LogP contribution is -2.29. The number of hydrogen-bond acceptors (Lipinski definition) is 2. The first-order chi connectivity index (χ1) is 8.61. The summed E-state index contributed by atoms with van der Waals surface area (Å²) in [5, 5.41) is 4.29. The average Bonchev–Trinajstić information content (AvgIpc) is 2.32. The van der Waals surface area contributed by atoms with Gasteiger partial charge in [0.15, 0.2) is 0 Å². The van der Waals surface area contributed by atoms with Crippen molar-refractivity contribution in [2.45, 2.75) is 20.3 Å². The number of rotatable bonds is 8. The Balaban J connectivity index is 2.43. The molecule has 0 aliphatic heterocycles. The Hall–Kier alpha value is -0.570. The van der Waals surface area contributed by atoms with E-state index in [2.05, 4.69) is 31.3 Å².